The molecule has 0 aliphatic carbocycles. The standard InChI is InChI=1S/C9H3BrCl2N2O/c10-5-3-1-2-4-6(11)8(9(12)15)14-13-7(4)5/h1-3H. The zero-order valence-corrected chi connectivity index (χ0v) is 10.3. The Balaban J connectivity index is 2.86. The van der Waals surface area contributed by atoms with Gasteiger partial charge in [-0.25, -0.2) is 0 Å². The molecule has 0 fully saturated rings. The first-order valence-corrected chi connectivity index (χ1v) is 5.46. The van der Waals surface area contributed by atoms with Crippen LogP contribution >= 0.6 is 39.1 Å². The van der Waals surface area contributed by atoms with Crippen LogP contribution in [0.5, 0.6) is 0 Å². The van der Waals surface area contributed by atoms with E-state index in [-0.39, 0.29) is 10.7 Å². The molecule has 0 atom stereocenters. The van der Waals surface area contributed by atoms with Gasteiger partial charge in [0.05, 0.1) is 5.02 Å². The second-order valence-corrected chi connectivity index (χ2v) is 4.35. The second kappa shape index (κ2) is 4.04. The van der Waals surface area contributed by atoms with Crippen LogP contribution in [-0.2, 0) is 0 Å². The Bertz CT molecular complexity index is 559. The molecule has 0 bridgehead atoms. The summed E-state index contributed by atoms with van der Waals surface area (Å²) in [6, 6.07) is 5.36. The van der Waals surface area contributed by atoms with E-state index in [0.717, 1.165) is 4.47 Å². The monoisotopic (exact) mass is 304 g/mol. The molecule has 76 valence electrons. The summed E-state index contributed by atoms with van der Waals surface area (Å²) < 4.78 is 0.767. The van der Waals surface area contributed by atoms with E-state index in [1.807, 2.05) is 6.07 Å². The molecule has 0 N–H and O–H groups in total. The second-order valence-electron chi connectivity index (χ2n) is 2.77. The summed E-state index contributed by atoms with van der Waals surface area (Å²) in [6.07, 6.45) is 0. The molecule has 1 aromatic heterocycles. The normalized spacial score (nSPS) is 10.6. The summed E-state index contributed by atoms with van der Waals surface area (Å²) in [7, 11) is 0. The highest BCUT2D eigenvalue weighted by atomic mass is 79.9. The van der Waals surface area contributed by atoms with Gasteiger partial charge < -0.3 is 0 Å². The fraction of sp³-hybridized carbons (Fsp3) is 0. The van der Waals surface area contributed by atoms with Gasteiger partial charge in [-0.15, -0.1) is 10.2 Å². The lowest BCUT2D eigenvalue weighted by Crippen LogP contribution is -1.99. The summed E-state index contributed by atoms with van der Waals surface area (Å²) in [6.45, 7) is 0. The molecule has 6 heteroatoms. The van der Waals surface area contributed by atoms with Gasteiger partial charge in [-0.2, -0.15) is 0 Å². The van der Waals surface area contributed by atoms with E-state index in [2.05, 4.69) is 26.1 Å². The van der Waals surface area contributed by atoms with E-state index < -0.39 is 5.24 Å². The van der Waals surface area contributed by atoms with Gasteiger partial charge in [0.1, 0.15) is 5.52 Å². The van der Waals surface area contributed by atoms with Gasteiger partial charge in [-0.05, 0) is 33.6 Å². The van der Waals surface area contributed by atoms with Crippen molar-refractivity contribution in [2.45, 2.75) is 0 Å². The zero-order chi connectivity index (χ0) is 11.0. The number of nitrogens with zero attached hydrogens (tertiary/aromatic N) is 2. The van der Waals surface area contributed by atoms with E-state index in [0.29, 0.717) is 10.9 Å². The summed E-state index contributed by atoms with van der Waals surface area (Å²) in [5.41, 5.74) is 0.577. The van der Waals surface area contributed by atoms with Crippen LogP contribution in [0, 0.1) is 0 Å². The molecule has 0 spiro atoms. The smallest absolute Gasteiger partial charge is 0.274 e. The topological polar surface area (TPSA) is 42.9 Å². The van der Waals surface area contributed by atoms with Crippen LogP contribution in [-0.4, -0.2) is 15.4 Å². The Labute approximate surface area is 104 Å². The third-order valence-corrected chi connectivity index (χ3v) is 3.07. The molecule has 0 saturated heterocycles. The Kier molecular flexibility index (Phi) is 2.91. The first-order valence-electron chi connectivity index (χ1n) is 3.91. The highest BCUT2D eigenvalue weighted by Gasteiger charge is 2.14. The third-order valence-electron chi connectivity index (χ3n) is 1.87. The lowest BCUT2D eigenvalue weighted by atomic mass is 10.2. The molecular formula is C9H3BrCl2N2O. The summed E-state index contributed by atoms with van der Waals surface area (Å²) in [4.78, 5) is 11.0. The minimum atomic E-state index is -0.714. The van der Waals surface area contributed by atoms with Crippen LogP contribution in [0.4, 0.5) is 0 Å². The van der Waals surface area contributed by atoms with E-state index in [4.69, 9.17) is 23.2 Å². The average molecular weight is 306 g/mol. The van der Waals surface area contributed by atoms with E-state index in [1.54, 1.807) is 12.1 Å². The van der Waals surface area contributed by atoms with Crippen LogP contribution in [0.3, 0.4) is 0 Å². The molecular weight excluding hydrogens is 303 g/mol. The SMILES string of the molecule is O=C(Cl)c1nnc2c(Br)cccc2c1Cl. The van der Waals surface area contributed by atoms with Crippen molar-refractivity contribution in [3.05, 3.63) is 33.4 Å². The molecule has 1 heterocycles. The van der Waals surface area contributed by atoms with Crippen molar-refractivity contribution in [2.75, 3.05) is 0 Å². The highest BCUT2D eigenvalue weighted by molar-refractivity contribution is 9.10. The molecule has 2 rings (SSSR count). The average Bonchev–Trinajstić information content (AvgIpc) is 2.19. The van der Waals surface area contributed by atoms with Gasteiger partial charge in [0.15, 0.2) is 5.69 Å². The van der Waals surface area contributed by atoms with Crippen molar-refractivity contribution in [1.82, 2.24) is 10.2 Å². The molecule has 1 aromatic carbocycles. The number of hydrogen-bond donors (Lipinski definition) is 0. The fourth-order valence-corrected chi connectivity index (χ4v) is 2.09. The van der Waals surface area contributed by atoms with Crippen LogP contribution in [0.1, 0.15) is 10.5 Å². The minimum Gasteiger partial charge on any atom is -0.274 e. The van der Waals surface area contributed by atoms with E-state index in [9.17, 15) is 4.79 Å². The summed E-state index contributed by atoms with van der Waals surface area (Å²) in [5, 5.41) is 7.70. The molecule has 0 amide bonds. The lowest BCUT2D eigenvalue weighted by Gasteiger charge is -2.02. The van der Waals surface area contributed by atoms with Crippen molar-refractivity contribution in [3.63, 3.8) is 0 Å². The van der Waals surface area contributed by atoms with Crippen LogP contribution in [0.15, 0.2) is 22.7 Å². The van der Waals surface area contributed by atoms with Crippen molar-refractivity contribution in [2.24, 2.45) is 0 Å². The molecule has 0 radical (unpaired) electrons. The Morgan fingerprint density at radius 1 is 1.33 bits per heavy atom. The fourth-order valence-electron chi connectivity index (χ4n) is 1.19. The van der Waals surface area contributed by atoms with Gasteiger partial charge in [0, 0.05) is 9.86 Å². The van der Waals surface area contributed by atoms with Crippen molar-refractivity contribution < 1.29 is 4.79 Å². The number of rotatable bonds is 1. The molecule has 0 saturated carbocycles. The van der Waals surface area contributed by atoms with E-state index >= 15 is 0 Å². The number of hydrogen-bond acceptors (Lipinski definition) is 3. The van der Waals surface area contributed by atoms with Gasteiger partial charge in [-0.1, -0.05) is 23.7 Å². The van der Waals surface area contributed by atoms with Crippen LogP contribution < -0.4 is 0 Å². The molecule has 2 aromatic rings. The Hall–Kier alpha value is -0.710. The zero-order valence-electron chi connectivity index (χ0n) is 7.17. The molecule has 0 unspecified atom stereocenters. The quantitative estimate of drug-likeness (QED) is 0.758. The largest absolute Gasteiger partial charge is 0.274 e. The molecule has 0 aliphatic rings. The Morgan fingerprint density at radius 3 is 2.73 bits per heavy atom. The summed E-state index contributed by atoms with van der Waals surface area (Å²) >= 11 is 14.6. The number of carbonyl (C=O) groups is 1. The maximum absolute atomic E-state index is 11.0. The summed E-state index contributed by atoms with van der Waals surface area (Å²) in [5.74, 6) is 0. The number of halogens is 3. The first kappa shape index (κ1) is 10.8. The van der Waals surface area contributed by atoms with Crippen LogP contribution in [0.25, 0.3) is 10.9 Å². The number of carbonyl (C=O) groups excluding carboxylic acids is 1. The number of benzene rings is 1. The lowest BCUT2D eigenvalue weighted by molar-refractivity contribution is 0.107. The highest BCUT2D eigenvalue weighted by Crippen LogP contribution is 2.29. The maximum atomic E-state index is 11.0. The Morgan fingerprint density at radius 2 is 2.07 bits per heavy atom. The first-order chi connectivity index (χ1) is 7.11. The van der Waals surface area contributed by atoms with Crippen LogP contribution in [0.2, 0.25) is 5.02 Å². The van der Waals surface area contributed by atoms with Gasteiger partial charge >= 0.3 is 0 Å². The molecule has 0 aliphatic heterocycles. The third kappa shape index (κ3) is 1.85. The minimum absolute atomic E-state index is 0.0241. The van der Waals surface area contributed by atoms with Gasteiger partial charge in [0.25, 0.3) is 5.24 Å². The van der Waals surface area contributed by atoms with Gasteiger partial charge in [0.2, 0.25) is 0 Å². The van der Waals surface area contributed by atoms with Crippen molar-refractivity contribution in [3.8, 4) is 0 Å². The predicted octanol–water partition coefficient (Wildman–Crippen LogP) is 3.42. The number of fused-ring (bicyclic) bond motifs is 1. The van der Waals surface area contributed by atoms with Crippen molar-refractivity contribution >= 4 is 55.3 Å². The predicted molar refractivity (Wildman–Crippen MR) is 62.4 cm³/mol. The van der Waals surface area contributed by atoms with Gasteiger partial charge in [-0.3, -0.25) is 4.79 Å². The number of aromatic nitrogens is 2. The van der Waals surface area contributed by atoms with E-state index in [1.165, 1.54) is 0 Å². The maximum Gasteiger partial charge on any atom is 0.274 e. The molecule has 3 nitrogen and oxygen atoms in total. The molecule has 15 heavy (non-hydrogen) atoms. The van der Waals surface area contributed by atoms with Crippen molar-refractivity contribution in [1.29, 1.82) is 0 Å².